The molecule has 2 N–H and O–H groups in total. The van der Waals surface area contributed by atoms with Crippen LogP contribution in [0.5, 0.6) is 0 Å². The highest BCUT2D eigenvalue weighted by Gasteiger charge is 2.35. The second-order valence-electron chi connectivity index (χ2n) is 4.62. The molecule has 0 spiro atoms. The highest BCUT2D eigenvalue weighted by molar-refractivity contribution is 5.75. The molecule has 8 heteroatoms. The summed E-state index contributed by atoms with van der Waals surface area (Å²) in [4.78, 5) is 23.1. The second-order valence-corrected chi connectivity index (χ2v) is 4.62. The van der Waals surface area contributed by atoms with E-state index in [1.807, 2.05) is 0 Å². The molecule has 1 aliphatic rings. The third kappa shape index (κ3) is 4.96. The quantitative estimate of drug-likeness (QED) is 0.826. The Hall–Kier alpha value is -1.47. The summed E-state index contributed by atoms with van der Waals surface area (Å²) in [7, 11) is 0. The van der Waals surface area contributed by atoms with Crippen LogP contribution in [0.3, 0.4) is 0 Å². The van der Waals surface area contributed by atoms with E-state index < -0.39 is 30.6 Å². The zero-order chi connectivity index (χ0) is 14.6. The van der Waals surface area contributed by atoms with Crippen LogP contribution in [-0.4, -0.2) is 47.3 Å². The minimum Gasteiger partial charge on any atom is -0.481 e. The Bertz CT molecular complexity index is 347. The molecular weight excluding hydrogens is 265 g/mol. The van der Waals surface area contributed by atoms with Crippen LogP contribution in [0.15, 0.2) is 0 Å². The minimum atomic E-state index is -4.44. The highest BCUT2D eigenvalue weighted by atomic mass is 19.4. The third-order valence-electron chi connectivity index (χ3n) is 3.15. The molecule has 110 valence electrons. The van der Waals surface area contributed by atoms with Gasteiger partial charge in [-0.15, -0.1) is 0 Å². The van der Waals surface area contributed by atoms with E-state index in [4.69, 9.17) is 5.11 Å². The number of hydrogen-bond donors (Lipinski definition) is 2. The monoisotopic (exact) mass is 282 g/mol. The first kappa shape index (κ1) is 15.6. The molecule has 1 aliphatic carbocycles. The molecule has 1 saturated carbocycles. The van der Waals surface area contributed by atoms with Gasteiger partial charge in [0.2, 0.25) is 0 Å². The van der Waals surface area contributed by atoms with Crippen molar-refractivity contribution in [3.8, 4) is 0 Å². The van der Waals surface area contributed by atoms with Crippen molar-refractivity contribution in [1.82, 2.24) is 10.2 Å². The summed E-state index contributed by atoms with van der Waals surface area (Å²) in [5, 5.41) is 11.3. The number of amides is 2. The molecule has 2 atom stereocenters. The van der Waals surface area contributed by atoms with Gasteiger partial charge in [0.1, 0.15) is 6.54 Å². The first-order chi connectivity index (χ1) is 8.73. The summed E-state index contributed by atoms with van der Waals surface area (Å²) in [5.74, 6) is -1.46. The SMILES string of the molecule is CCN(CC(F)(F)F)C(=O)N[C@H]1CC[C@@H](C(=O)O)C1. The lowest BCUT2D eigenvalue weighted by Gasteiger charge is -2.24. The number of nitrogens with zero attached hydrogens (tertiary/aromatic N) is 1. The first-order valence-corrected chi connectivity index (χ1v) is 6.08. The Morgan fingerprint density at radius 1 is 1.37 bits per heavy atom. The van der Waals surface area contributed by atoms with E-state index >= 15 is 0 Å². The van der Waals surface area contributed by atoms with Gasteiger partial charge in [-0.2, -0.15) is 13.2 Å². The molecule has 0 aliphatic heterocycles. The molecule has 0 unspecified atom stereocenters. The Morgan fingerprint density at radius 3 is 2.42 bits per heavy atom. The van der Waals surface area contributed by atoms with Crippen LogP contribution in [-0.2, 0) is 4.79 Å². The fraction of sp³-hybridized carbons (Fsp3) is 0.818. The molecule has 0 aromatic rings. The van der Waals surface area contributed by atoms with Crippen LogP contribution in [0, 0.1) is 5.92 Å². The second kappa shape index (κ2) is 6.12. The normalized spacial score (nSPS) is 23.2. The molecule has 0 bridgehead atoms. The fourth-order valence-electron chi connectivity index (χ4n) is 2.15. The van der Waals surface area contributed by atoms with Gasteiger partial charge in [-0.25, -0.2) is 4.79 Å². The van der Waals surface area contributed by atoms with Gasteiger partial charge in [-0.3, -0.25) is 4.79 Å². The van der Waals surface area contributed by atoms with Crippen LogP contribution < -0.4 is 5.32 Å². The molecule has 19 heavy (non-hydrogen) atoms. The largest absolute Gasteiger partial charge is 0.481 e. The van der Waals surface area contributed by atoms with Crippen LogP contribution in [0.4, 0.5) is 18.0 Å². The summed E-state index contributed by atoms with van der Waals surface area (Å²) >= 11 is 0. The summed E-state index contributed by atoms with van der Waals surface area (Å²) in [6.45, 7) is 0.102. The van der Waals surface area contributed by atoms with Crippen molar-refractivity contribution in [1.29, 1.82) is 0 Å². The maximum Gasteiger partial charge on any atom is 0.406 e. The third-order valence-corrected chi connectivity index (χ3v) is 3.15. The van der Waals surface area contributed by atoms with Crippen LogP contribution in [0.1, 0.15) is 26.2 Å². The van der Waals surface area contributed by atoms with Crippen LogP contribution in [0.25, 0.3) is 0 Å². The van der Waals surface area contributed by atoms with E-state index in [2.05, 4.69) is 5.32 Å². The lowest BCUT2D eigenvalue weighted by atomic mass is 10.1. The summed E-state index contributed by atoms with van der Waals surface area (Å²) < 4.78 is 36.7. The number of alkyl halides is 3. The molecule has 0 aromatic carbocycles. The average molecular weight is 282 g/mol. The number of carbonyl (C=O) groups is 2. The highest BCUT2D eigenvalue weighted by Crippen LogP contribution is 2.26. The molecule has 1 rings (SSSR count). The molecule has 0 heterocycles. The lowest BCUT2D eigenvalue weighted by Crippen LogP contribution is -2.47. The molecular formula is C11H17F3N2O3. The Labute approximate surface area is 108 Å². The van der Waals surface area contributed by atoms with Gasteiger partial charge < -0.3 is 15.3 Å². The Morgan fingerprint density at radius 2 is 2.00 bits per heavy atom. The van der Waals surface area contributed by atoms with Gasteiger partial charge in [0, 0.05) is 12.6 Å². The number of rotatable bonds is 4. The van der Waals surface area contributed by atoms with Crippen molar-refractivity contribution < 1.29 is 27.9 Å². The van der Waals surface area contributed by atoms with Crippen molar-refractivity contribution in [2.75, 3.05) is 13.1 Å². The Kier molecular flexibility index (Phi) is 5.02. The van der Waals surface area contributed by atoms with Crippen LogP contribution >= 0.6 is 0 Å². The standard InChI is InChI=1S/C11H17F3N2O3/c1-2-16(6-11(12,13)14)10(19)15-8-4-3-7(5-8)9(17)18/h7-8H,2-6H2,1H3,(H,15,19)(H,17,18)/t7-,8+/m1/s1. The van der Waals surface area contributed by atoms with Crippen molar-refractivity contribution in [2.45, 2.75) is 38.4 Å². The van der Waals surface area contributed by atoms with E-state index in [0.29, 0.717) is 17.7 Å². The number of carboxylic acids is 1. The zero-order valence-electron chi connectivity index (χ0n) is 10.5. The van der Waals surface area contributed by atoms with Crippen LogP contribution in [0.2, 0.25) is 0 Å². The average Bonchev–Trinajstić information content (AvgIpc) is 2.73. The molecule has 5 nitrogen and oxygen atoms in total. The van der Waals surface area contributed by atoms with Crippen molar-refractivity contribution in [3.63, 3.8) is 0 Å². The zero-order valence-corrected chi connectivity index (χ0v) is 10.5. The summed E-state index contributed by atoms with van der Waals surface area (Å²) in [6.07, 6.45) is -3.25. The molecule has 0 saturated heterocycles. The number of carbonyl (C=O) groups excluding carboxylic acids is 1. The first-order valence-electron chi connectivity index (χ1n) is 6.08. The number of hydrogen-bond acceptors (Lipinski definition) is 2. The smallest absolute Gasteiger partial charge is 0.406 e. The van der Waals surface area contributed by atoms with Gasteiger partial charge in [0.05, 0.1) is 5.92 Å². The predicted octanol–water partition coefficient (Wildman–Crippen LogP) is 1.83. The van der Waals surface area contributed by atoms with E-state index in [0.717, 1.165) is 0 Å². The van der Waals surface area contributed by atoms with Gasteiger partial charge in [0.25, 0.3) is 0 Å². The van der Waals surface area contributed by atoms with Crippen molar-refractivity contribution in [2.24, 2.45) is 5.92 Å². The van der Waals surface area contributed by atoms with E-state index in [9.17, 15) is 22.8 Å². The maximum atomic E-state index is 12.2. The molecule has 1 fully saturated rings. The topological polar surface area (TPSA) is 69.6 Å². The van der Waals surface area contributed by atoms with Gasteiger partial charge in [0.15, 0.2) is 0 Å². The van der Waals surface area contributed by atoms with Gasteiger partial charge in [-0.05, 0) is 26.2 Å². The molecule has 0 radical (unpaired) electrons. The van der Waals surface area contributed by atoms with Crippen molar-refractivity contribution in [3.05, 3.63) is 0 Å². The molecule has 2 amide bonds. The number of aliphatic carboxylic acids is 1. The van der Waals surface area contributed by atoms with Gasteiger partial charge >= 0.3 is 18.2 Å². The van der Waals surface area contributed by atoms with E-state index in [1.165, 1.54) is 6.92 Å². The minimum absolute atomic E-state index is 0.0551. The fourth-order valence-corrected chi connectivity index (χ4v) is 2.15. The molecule has 0 aromatic heterocycles. The number of carboxylic acid groups (broad SMARTS) is 1. The predicted molar refractivity (Wildman–Crippen MR) is 60.6 cm³/mol. The lowest BCUT2D eigenvalue weighted by molar-refractivity contribution is -0.141. The maximum absolute atomic E-state index is 12.2. The number of nitrogens with one attached hydrogen (secondary N) is 1. The van der Waals surface area contributed by atoms with E-state index in [-0.39, 0.29) is 19.0 Å². The van der Waals surface area contributed by atoms with Crippen molar-refractivity contribution >= 4 is 12.0 Å². The number of halogens is 3. The summed E-state index contributed by atoms with van der Waals surface area (Å²) in [6, 6.07) is -1.16. The van der Waals surface area contributed by atoms with E-state index in [1.54, 1.807) is 0 Å². The number of urea groups is 1. The summed E-state index contributed by atoms with van der Waals surface area (Å²) in [5.41, 5.74) is 0. The van der Waals surface area contributed by atoms with Gasteiger partial charge in [-0.1, -0.05) is 0 Å². The Balaban J connectivity index is 2.48.